The number of hydrogen-bond donors (Lipinski definition) is 5. The number of aromatic amines is 2. The molecule has 0 unspecified atom stereocenters. The molecule has 278 valence electrons. The van der Waals surface area contributed by atoms with Crippen LogP contribution in [0.2, 0.25) is 0 Å². The summed E-state index contributed by atoms with van der Waals surface area (Å²) in [6.07, 6.45) is -8.36. The number of amides is 2. The van der Waals surface area contributed by atoms with E-state index in [-0.39, 0.29) is 65.3 Å². The number of alkyl halides is 2. The lowest BCUT2D eigenvalue weighted by Crippen LogP contribution is -2.28. The Bertz CT molecular complexity index is 2030. The maximum absolute atomic E-state index is 14.1. The van der Waals surface area contributed by atoms with Crippen LogP contribution in [-0.4, -0.2) is 103 Å². The summed E-state index contributed by atoms with van der Waals surface area (Å²) in [6, 6.07) is 0. The van der Waals surface area contributed by atoms with E-state index in [1.165, 1.54) is 0 Å². The lowest BCUT2D eigenvalue weighted by Gasteiger charge is -2.14. The van der Waals surface area contributed by atoms with Gasteiger partial charge in [0.15, 0.2) is 40.9 Å². The van der Waals surface area contributed by atoms with Crippen LogP contribution in [0.25, 0.3) is 22.3 Å². The molecule has 0 bridgehead atoms. The van der Waals surface area contributed by atoms with Crippen molar-refractivity contribution in [1.82, 2.24) is 49.9 Å². The molecule has 2 saturated heterocycles. The molecule has 2 aliphatic rings. The van der Waals surface area contributed by atoms with Crippen molar-refractivity contribution in [3.8, 4) is 0 Å². The van der Waals surface area contributed by atoms with E-state index >= 15 is 0 Å². The number of ether oxygens (including phenoxy) is 2. The molecule has 7 atom stereocenters. The molecule has 6 rings (SSSR count). The van der Waals surface area contributed by atoms with Crippen LogP contribution in [-0.2, 0) is 23.9 Å². The van der Waals surface area contributed by atoms with Gasteiger partial charge in [0.25, 0.3) is 11.1 Å². The van der Waals surface area contributed by atoms with Gasteiger partial charge in [0.1, 0.15) is 6.10 Å². The molecular formula is C29H40F2N12O8. The van der Waals surface area contributed by atoms with Gasteiger partial charge in [-0.25, -0.2) is 8.78 Å². The van der Waals surface area contributed by atoms with Crippen molar-refractivity contribution in [2.24, 2.45) is 11.8 Å². The van der Waals surface area contributed by atoms with E-state index in [1.54, 1.807) is 41.5 Å². The minimum atomic E-state index is -1.78. The van der Waals surface area contributed by atoms with E-state index in [9.17, 15) is 37.9 Å². The van der Waals surface area contributed by atoms with E-state index in [2.05, 4.69) is 51.2 Å². The highest BCUT2D eigenvalue weighted by molar-refractivity contribution is 5.92. The second-order valence-electron chi connectivity index (χ2n) is 12.2. The largest absolute Gasteiger partial charge is 0.385 e. The Morgan fingerprint density at radius 1 is 0.824 bits per heavy atom. The van der Waals surface area contributed by atoms with Crippen LogP contribution in [0.15, 0.2) is 9.59 Å². The van der Waals surface area contributed by atoms with Crippen molar-refractivity contribution in [2.45, 2.75) is 105 Å². The first kappa shape index (κ1) is 38.7. The molecular weight excluding hydrogens is 682 g/mol. The third-order valence-electron chi connectivity index (χ3n) is 7.90. The quantitative estimate of drug-likeness (QED) is 0.170. The highest BCUT2D eigenvalue weighted by atomic mass is 19.1. The number of nitrogens with one attached hydrogen (secondary N) is 4. The summed E-state index contributed by atoms with van der Waals surface area (Å²) >= 11 is 0. The predicted molar refractivity (Wildman–Crippen MR) is 175 cm³/mol. The van der Waals surface area contributed by atoms with Gasteiger partial charge in [0.05, 0.1) is 12.2 Å². The highest BCUT2D eigenvalue weighted by Gasteiger charge is 2.46. The van der Waals surface area contributed by atoms with Gasteiger partial charge in [-0.15, -0.1) is 10.2 Å². The molecule has 4 aromatic rings. The van der Waals surface area contributed by atoms with Gasteiger partial charge in [-0.1, -0.05) is 59.4 Å². The van der Waals surface area contributed by atoms with Crippen molar-refractivity contribution >= 4 is 51.8 Å². The van der Waals surface area contributed by atoms with Crippen molar-refractivity contribution in [1.29, 1.82) is 0 Å². The lowest BCUT2D eigenvalue weighted by atomic mass is 10.1. The molecule has 22 heteroatoms. The summed E-state index contributed by atoms with van der Waals surface area (Å²) in [4.78, 5) is 72.8. The van der Waals surface area contributed by atoms with Crippen LogP contribution in [0.1, 0.15) is 74.3 Å². The molecule has 4 aromatic heterocycles. The zero-order chi connectivity index (χ0) is 36.6. The molecule has 2 amide bonds. The fourth-order valence-corrected chi connectivity index (χ4v) is 4.99. The fourth-order valence-electron chi connectivity index (χ4n) is 4.99. The van der Waals surface area contributed by atoms with E-state index in [0.717, 1.165) is 9.36 Å². The molecule has 20 nitrogen and oxygen atoms in total. The van der Waals surface area contributed by atoms with E-state index in [0.29, 0.717) is 12.8 Å². The van der Waals surface area contributed by atoms with Gasteiger partial charge < -0.3 is 14.6 Å². The number of halogens is 2. The zero-order valence-electron chi connectivity index (χ0n) is 27.7. The van der Waals surface area contributed by atoms with Crippen molar-refractivity contribution in [3.05, 3.63) is 20.7 Å². The predicted octanol–water partition coefficient (Wildman–Crippen LogP) is 1.08. The van der Waals surface area contributed by atoms with Crippen LogP contribution in [0, 0.1) is 11.8 Å². The summed E-state index contributed by atoms with van der Waals surface area (Å²) in [5.74, 6) is -2.36. The number of nitrogens with zero attached hydrogens (tertiary/aromatic N) is 8. The molecule has 0 spiro atoms. The SMILES string of the molecule is C.CC[C@H]1O[C@@H](n2nnc3c(=O)[nH]c(NC(=O)C(C)C)nc32)C(=O)[C@@H]1F.CC[C@H]1O[C@@H](n2nnc3c(=O)[nH]c(NC(=O)C(C)C)nc32)[C@H](O)[C@@H]1F. The average Bonchev–Trinajstić information content (AvgIpc) is 3.82. The smallest absolute Gasteiger partial charge is 0.282 e. The second kappa shape index (κ2) is 15.4. The monoisotopic (exact) mass is 722 g/mol. The van der Waals surface area contributed by atoms with Gasteiger partial charge in [-0.05, 0) is 12.8 Å². The van der Waals surface area contributed by atoms with Crippen molar-refractivity contribution in [3.63, 3.8) is 0 Å². The molecule has 6 heterocycles. The highest BCUT2D eigenvalue weighted by Crippen LogP contribution is 2.34. The summed E-state index contributed by atoms with van der Waals surface area (Å²) in [5.41, 5.74) is -1.61. The van der Waals surface area contributed by atoms with E-state index in [4.69, 9.17) is 9.47 Å². The molecule has 2 aliphatic heterocycles. The number of fused-ring (bicyclic) bond motifs is 2. The number of aromatic nitrogens is 10. The molecule has 0 aliphatic carbocycles. The summed E-state index contributed by atoms with van der Waals surface area (Å²) in [5, 5.41) is 29.8. The van der Waals surface area contributed by atoms with Crippen molar-refractivity contribution in [2.75, 3.05) is 10.6 Å². The topological polar surface area (TPSA) is 267 Å². The lowest BCUT2D eigenvalue weighted by molar-refractivity contribution is -0.129. The Morgan fingerprint density at radius 3 is 1.73 bits per heavy atom. The maximum atomic E-state index is 14.1. The number of Topliss-reactive ketones (excluding diaryl/α,β-unsaturated/α-hetero) is 1. The first-order valence-electron chi connectivity index (χ1n) is 15.8. The number of aliphatic hydroxyl groups excluding tert-OH is 1. The maximum Gasteiger partial charge on any atom is 0.282 e. The average molecular weight is 723 g/mol. The van der Waals surface area contributed by atoms with Crippen LogP contribution >= 0.6 is 0 Å². The number of hydrogen-bond acceptors (Lipinski definition) is 14. The van der Waals surface area contributed by atoms with Crippen LogP contribution in [0.5, 0.6) is 0 Å². The number of anilines is 2. The standard InChI is InChI=1S/C14H19FN6O4.C14H17FN6O4.CH4/c2*1-4-6-7(15)9(22)13(25-6)21-10-8(19-20-21)12(24)18-14(16-10)17-11(23)5(2)3;/h5-7,9,13,22H,4H2,1-3H3,(H2,16,17,18,23,24);5-7,13H,4H2,1-3H3,(H2,16,17,18,23,24);1H4/t6-,7-,9-,13-;6-,7-,13-;/m11./s1. The van der Waals surface area contributed by atoms with Gasteiger partial charge >= 0.3 is 0 Å². The second-order valence-corrected chi connectivity index (χ2v) is 12.2. The van der Waals surface area contributed by atoms with Gasteiger partial charge in [-0.3, -0.25) is 44.6 Å². The first-order valence-corrected chi connectivity index (χ1v) is 15.8. The summed E-state index contributed by atoms with van der Waals surface area (Å²) < 4.78 is 40.9. The Balaban J connectivity index is 0.000000224. The van der Waals surface area contributed by atoms with Crippen LogP contribution < -0.4 is 21.8 Å². The first-order chi connectivity index (χ1) is 23.7. The van der Waals surface area contributed by atoms with E-state index in [1.807, 2.05) is 0 Å². The van der Waals surface area contributed by atoms with Crippen LogP contribution in [0.3, 0.4) is 0 Å². The number of rotatable bonds is 8. The number of aliphatic hydroxyl groups is 1. The van der Waals surface area contributed by atoms with Crippen LogP contribution in [0.4, 0.5) is 20.7 Å². The third kappa shape index (κ3) is 7.51. The molecule has 0 saturated carbocycles. The Kier molecular flexibility index (Phi) is 11.7. The van der Waals surface area contributed by atoms with Gasteiger partial charge in [0.2, 0.25) is 35.7 Å². The number of H-pyrrole nitrogens is 2. The van der Waals surface area contributed by atoms with Crippen molar-refractivity contribution < 1.29 is 37.7 Å². The third-order valence-corrected chi connectivity index (χ3v) is 7.90. The molecule has 2 fully saturated rings. The number of carbonyl (C=O) groups excluding carboxylic acids is 3. The Hall–Kier alpha value is -5.09. The Morgan fingerprint density at radius 2 is 1.29 bits per heavy atom. The number of carbonyl (C=O) groups is 3. The van der Waals surface area contributed by atoms with Gasteiger partial charge in [-0.2, -0.15) is 19.3 Å². The molecule has 0 radical (unpaired) electrons. The zero-order valence-corrected chi connectivity index (χ0v) is 27.7. The molecule has 51 heavy (non-hydrogen) atoms. The minimum absolute atomic E-state index is 0. The fraction of sp³-hybridized carbons (Fsp3) is 0.621. The summed E-state index contributed by atoms with van der Waals surface area (Å²) in [7, 11) is 0. The summed E-state index contributed by atoms with van der Waals surface area (Å²) in [6.45, 7) is 10.1. The normalized spacial score (nSPS) is 24.5. The minimum Gasteiger partial charge on any atom is -0.385 e. The molecule has 5 N–H and O–H groups in total. The number of ketones is 1. The van der Waals surface area contributed by atoms with E-state index < -0.39 is 60.0 Å². The van der Waals surface area contributed by atoms with Gasteiger partial charge in [0, 0.05) is 11.8 Å². The molecule has 0 aromatic carbocycles. The Labute approximate surface area is 287 Å².